The van der Waals surface area contributed by atoms with Gasteiger partial charge in [0.05, 0.1) is 95.9 Å². The number of benzene rings is 4. The minimum atomic E-state index is 0.502. The van der Waals surface area contributed by atoms with E-state index in [4.69, 9.17) is 57.9 Å². The summed E-state index contributed by atoms with van der Waals surface area (Å²) in [7, 11) is 0. The monoisotopic (exact) mass is 1090 g/mol. The number of ether oxygens (including phenoxy) is 8. The Labute approximate surface area is 469 Å². The topological polar surface area (TPSA) is 186 Å². The summed E-state index contributed by atoms with van der Waals surface area (Å²) >= 11 is 0. The maximum Gasteiger partial charge on any atom is 0.145 e. The third-order valence-corrected chi connectivity index (χ3v) is 14.3. The average Bonchev–Trinajstić information content (AvgIpc) is 4.39. The van der Waals surface area contributed by atoms with Crippen molar-refractivity contribution in [3.05, 3.63) is 70.5 Å². The van der Waals surface area contributed by atoms with E-state index in [2.05, 4.69) is 75.3 Å². The van der Waals surface area contributed by atoms with E-state index in [0.717, 1.165) is 146 Å². The second kappa shape index (κ2) is 28.2. The molecule has 0 radical (unpaired) electrons. The van der Waals surface area contributed by atoms with Gasteiger partial charge in [-0.05, 0) is 99.9 Å². The molecule has 428 valence electrons. The molecule has 0 saturated heterocycles. The maximum absolute atomic E-state index is 6.72. The van der Waals surface area contributed by atoms with E-state index >= 15 is 0 Å². The standard InChI is InChI=1S/C64H84N8O8/c1-9-17-33-73-41-25-26-42(74-34-18-10-2)50-49(41)57-65-58(50)70-60-53-45(77-37-21-13-5)29-30-46(78-38-22-14-6)54(53)62(67-60)72-64-56-48(80-40-24-16-8)32-31-47(79-39-23-15-7)55(56)63(68-64)71-61-52-44(76-36-20-12-4)28-27-43(75-35-19-11-3)51(52)59(66-61)69-57/h25-32H,9-24,33-40H2,1-8H3,(H4,65,66,67,68,69,70,71,72). The Bertz CT molecular complexity index is 3150. The Morgan fingerprint density at radius 1 is 0.237 bits per heavy atom. The molecule has 1 aliphatic heterocycles. The van der Waals surface area contributed by atoms with Gasteiger partial charge in [-0.2, -0.15) is 0 Å². The maximum atomic E-state index is 6.72. The molecule has 0 atom stereocenters. The van der Waals surface area contributed by atoms with Gasteiger partial charge in [0.15, 0.2) is 0 Å². The van der Waals surface area contributed by atoms with E-state index in [1.165, 1.54) is 0 Å². The first-order valence-corrected chi connectivity index (χ1v) is 30.0. The van der Waals surface area contributed by atoms with Crippen LogP contribution in [0.4, 0.5) is 23.3 Å². The number of nitrogens with one attached hydrogen (secondary N) is 4. The predicted molar refractivity (Wildman–Crippen MR) is 320 cm³/mol. The van der Waals surface area contributed by atoms with Crippen molar-refractivity contribution in [1.82, 2.24) is 19.9 Å². The first-order valence-electron chi connectivity index (χ1n) is 30.0. The average molecular weight is 1090 g/mol. The number of aromatic amines is 4. The lowest BCUT2D eigenvalue weighted by atomic mass is 10.1. The molecule has 4 aromatic carbocycles. The summed E-state index contributed by atoms with van der Waals surface area (Å²) in [5.41, 5.74) is 2.01. The van der Waals surface area contributed by atoms with Crippen molar-refractivity contribution in [1.29, 1.82) is 0 Å². The zero-order valence-electron chi connectivity index (χ0n) is 48.6. The molecule has 4 aromatic heterocycles. The first kappa shape index (κ1) is 57.3. The molecule has 5 heterocycles. The Balaban J connectivity index is 1.52. The van der Waals surface area contributed by atoms with E-state index in [1.54, 1.807) is 0 Å². The third-order valence-electron chi connectivity index (χ3n) is 14.3. The summed E-state index contributed by atoms with van der Waals surface area (Å²) in [6, 6.07) is 15.9. The van der Waals surface area contributed by atoms with E-state index in [1.807, 2.05) is 48.5 Å². The summed E-state index contributed by atoms with van der Waals surface area (Å²) in [6.07, 6.45) is 14.7. The molecule has 4 N–H and O–H groups in total. The largest absolute Gasteiger partial charge is 0.493 e. The number of fused-ring (bicyclic) bond motifs is 20. The number of hydrogen-bond donors (Lipinski definition) is 4. The van der Waals surface area contributed by atoms with Crippen LogP contribution in [-0.4, -0.2) is 72.8 Å². The summed E-state index contributed by atoms with van der Waals surface area (Å²) in [5, 5.41) is 5.75. The van der Waals surface area contributed by atoms with E-state index < -0.39 is 0 Å². The third kappa shape index (κ3) is 12.6. The number of unbranched alkanes of at least 4 members (excludes halogenated alkanes) is 8. The molecule has 16 heteroatoms. The first-order chi connectivity index (χ1) is 39.4. The molecular formula is C64H84N8O8. The van der Waals surface area contributed by atoms with Gasteiger partial charge in [-0.25, -0.2) is 20.0 Å². The van der Waals surface area contributed by atoms with Crippen LogP contribution in [0.15, 0.2) is 68.5 Å². The summed E-state index contributed by atoms with van der Waals surface area (Å²) in [5.74, 6) is 7.19. The minimum absolute atomic E-state index is 0.502. The minimum Gasteiger partial charge on any atom is -0.493 e. The number of hydrogen-bond acceptors (Lipinski definition) is 12. The Kier molecular flexibility index (Phi) is 20.2. The van der Waals surface area contributed by atoms with Gasteiger partial charge in [0.25, 0.3) is 0 Å². The molecule has 0 fully saturated rings. The van der Waals surface area contributed by atoms with Crippen molar-refractivity contribution in [2.24, 2.45) is 20.0 Å². The van der Waals surface area contributed by atoms with Crippen LogP contribution in [0, 0.1) is 0 Å². The quantitative estimate of drug-likeness (QED) is 0.0300. The van der Waals surface area contributed by atoms with Gasteiger partial charge in [0.2, 0.25) is 0 Å². The van der Waals surface area contributed by atoms with Crippen LogP contribution in [0.1, 0.15) is 158 Å². The molecule has 1 aliphatic rings. The van der Waals surface area contributed by atoms with Gasteiger partial charge in [0, 0.05) is 0 Å². The second-order valence-electron chi connectivity index (χ2n) is 20.6. The molecule has 0 unspecified atom stereocenters. The predicted octanol–water partition coefficient (Wildman–Crippen LogP) is 15.2. The lowest BCUT2D eigenvalue weighted by molar-refractivity contribution is 0.306. The molecule has 80 heavy (non-hydrogen) atoms. The normalized spacial score (nSPS) is 12.1. The molecule has 8 aromatic rings. The molecule has 0 aliphatic carbocycles. The van der Waals surface area contributed by atoms with Crippen LogP contribution >= 0.6 is 0 Å². The Morgan fingerprint density at radius 3 is 0.562 bits per heavy atom. The summed E-state index contributed by atoms with van der Waals surface area (Å²) in [4.78, 5) is 37.4. The zero-order valence-corrected chi connectivity index (χ0v) is 48.6. The van der Waals surface area contributed by atoms with Gasteiger partial charge in [0.1, 0.15) is 91.2 Å². The van der Waals surface area contributed by atoms with Crippen LogP contribution in [0.3, 0.4) is 0 Å². The highest BCUT2D eigenvalue weighted by atomic mass is 16.5. The van der Waals surface area contributed by atoms with E-state index in [0.29, 0.717) is 144 Å². The number of rotatable bonds is 32. The lowest BCUT2D eigenvalue weighted by Crippen LogP contribution is -2.11. The van der Waals surface area contributed by atoms with Gasteiger partial charge in [-0.3, -0.25) is 0 Å². The Morgan fingerprint density at radius 2 is 0.400 bits per heavy atom. The fourth-order valence-corrected chi connectivity index (χ4v) is 9.78. The van der Waals surface area contributed by atoms with Gasteiger partial charge >= 0.3 is 0 Å². The Hall–Kier alpha value is -7.36. The molecule has 8 bridgehead atoms. The highest BCUT2D eigenvalue weighted by Crippen LogP contribution is 2.48. The molecule has 16 nitrogen and oxygen atoms in total. The number of H-pyrrole nitrogens is 4. The zero-order chi connectivity index (χ0) is 55.8. The SMILES string of the molecule is CCCCOc1ccc(OCCCC)c2c3[nH]c(c12)N=c1[nH]c(c2c(OCCCC)ccc(OCCCC)c12)=Nc1[nH]c(c2c(OCCCC)ccc(OCCCC)c12)N=c1[nH]c(c2c(OCCCC)ccc(OCCCC)c12)=N3. The van der Waals surface area contributed by atoms with Crippen LogP contribution in [0.25, 0.3) is 43.1 Å². The fourth-order valence-electron chi connectivity index (χ4n) is 9.78. The van der Waals surface area contributed by atoms with Gasteiger partial charge in [-0.15, -0.1) is 0 Å². The van der Waals surface area contributed by atoms with Crippen molar-refractivity contribution in [3.63, 3.8) is 0 Å². The van der Waals surface area contributed by atoms with Crippen molar-refractivity contribution < 1.29 is 37.9 Å². The van der Waals surface area contributed by atoms with Crippen molar-refractivity contribution in [2.45, 2.75) is 158 Å². The smallest absolute Gasteiger partial charge is 0.145 e. The van der Waals surface area contributed by atoms with Gasteiger partial charge < -0.3 is 57.8 Å². The fraction of sp³-hybridized carbons (Fsp3) is 0.500. The molecule has 0 saturated carbocycles. The molecule has 9 rings (SSSR count). The van der Waals surface area contributed by atoms with Crippen LogP contribution < -0.4 is 59.8 Å². The van der Waals surface area contributed by atoms with Crippen molar-refractivity contribution >= 4 is 66.4 Å². The molecule has 0 amide bonds. The van der Waals surface area contributed by atoms with Gasteiger partial charge in [-0.1, -0.05) is 107 Å². The molecular weight excluding hydrogens is 1010 g/mol. The highest BCUT2D eigenvalue weighted by Gasteiger charge is 2.26. The van der Waals surface area contributed by atoms with Crippen LogP contribution in [0.2, 0.25) is 0 Å². The number of nitrogens with zero attached hydrogens (tertiary/aromatic N) is 4. The van der Waals surface area contributed by atoms with Crippen LogP contribution in [0.5, 0.6) is 46.0 Å². The van der Waals surface area contributed by atoms with Crippen LogP contribution in [-0.2, 0) is 0 Å². The van der Waals surface area contributed by atoms with Crippen molar-refractivity contribution in [2.75, 3.05) is 52.9 Å². The summed E-state index contributed by atoms with van der Waals surface area (Å²) < 4.78 is 53.8. The highest BCUT2D eigenvalue weighted by molar-refractivity contribution is 6.09. The van der Waals surface area contributed by atoms with E-state index in [9.17, 15) is 0 Å². The number of aromatic nitrogens is 4. The van der Waals surface area contributed by atoms with E-state index in [-0.39, 0.29) is 0 Å². The second-order valence-corrected chi connectivity index (χ2v) is 20.6. The molecule has 0 spiro atoms. The lowest BCUT2D eigenvalue weighted by Gasteiger charge is -2.12. The van der Waals surface area contributed by atoms with Crippen molar-refractivity contribution in [3.8, 4) is 46.0 Å². The summed E-state index contributed by atoms with van der Waals surface area (Å²) in [6.45, 7) is 21.3.